The largest absolute Gasteiger partial charge is 0.477 e. The predicted octanol–water partition coefficient (Wildman–Crippen LogP) is 4.03. The van der Waals surface area contributed by atoms with E-state index in [0.717, 1.165) is 30.4 Å². The van der Waals surface area contributed by atoms with E-state index < -0.39 is 0 Å². The van der Waals surface area contributed by atoms with Crippen molar-refractivity contribution in [2.24, 2.45) is 10.9 Å². The first kappa shape index (κ1) is 23.4. The minimum Gasteiger partial charge on any atom is -0.477 e. The number of nitrogens with one attached hydrogen (secondary N) is 2. The molecule has 160 valence electrons. The Morgan fingerprint density at radius 1 is 1.28 bits per heavy atom. The average molecular weight is 513 g/mol. The maximum Gasteiger partial charge on any atom is 0.213 e. The molecule has 1 aliphatic carbocycles. The molecule has 8 heteroatoms. The number of aromatic nitrogens is 2. The SMILES string of the molecule is CCNC(=NCc1ccnc(OCC2CC2)c1)NCc1ncc(C(C)(C)C)o1.I. The maximum absolute atomic E-state index is 5.83. The number of aliphatic imine (C=N–C) groups is 1. The van der Waals surface area contributed by atoms with E-state index in [1.807, 2.05) is 19.1 Å². The summed E-state index contributed by atoms with van der Waals surface area (Å²) in [6.07, 6.45) is 6.10. The number of halogens is 1. The molecule has 0 saturated heterocycles. The van der Waals surface area contributed by atoms with Crippen LogP contribution in [0.15, 0.2) is 33.9 Å². The van der Waals surface area contributed by atoms with E-state index in [1.54, 1.807) is 12.4 Å². The topological polar surface area (TPSA) is 84.6 Å². The van der Waals surface area contributed by atoms with Gasteiger partial charge in [-0.3, -0.25) is 0 Å². The number of hydrogen-bond acceptors (Lipinski definition) is 5. The van der Waals surface area contributed by atoms with Gasteiger partial charge in [0, 0.05) is 24.2 Å². The van der Waals surface area contributed by atoms with Gasteiger partial charge in [0.15, 0.2) is 5.96 Å². The van der Waals surface area contributed by atoms with E-state index in [0.29, 0.717) is 30.8 Å². The van der Waals surface area contributed by atoms with Crippen LogP contribution in [0.5, 0.6) is 5.88 Å². The summed E-state index contributed by atoms with van der Waals surface area (Å²) in [7, 11) is 0. The Bertz CT molecular complexity index is 796. The van der Waals surface area contributed by atoms with Crippen LogP contribution in [0.25, 0.3) is 0 Å². The molecule has 3 rings (SSSR count). The molecule has 2 N–H and O–H groups in total. The Kier molecular flexibility index (Phi) is 8.73. The van der Waals surface area contributed by atoms with E-state index in [1.165, 1.54) is 12.8 Å². The molecule has 2 heterocycles. The Labute approximate surface area is 190 Å². The van der Waals surface area contributed by atoms with Crippen LogP contribution in [-0.2, 0) is 18.5 Å². The van der Waals surface area contributed by atoms with E-state index in [2.05, 4.69) is 46.4 Å². The van der Waals surface area contributed by atoms with Crippen molar-refractivity contribution in [2.45, 2.75) is 59.0 Å². The molecule has 1 fully saturated rings. The number of hydrogen-bond donors (Lipinski definition) is 2. The number of rotatable bonds is 8. The minimum atomic E-state index is -0.0511. The Hall–Kier alpha value is -1.84. The van der Waals surface area contributed by atoms with Gasteiger partial charge in [-0.1, -0.05) is 20.8 Å². The molecular formula is C21H32IN5O2. The van der Waals surface area contributed by atoms with Crippen LogP contribution in [0.4, 0.5) is 0 Å². The zero-order valence-corrected chi connectivity index (χ0v) is 20.0. The van der Waals surface area contributed by atoms with Gasteiger partial charge >= 0.3 is 0 Å². The smallest absolute Gasteiger partial charge is 0.213 e. The lowest BCUT2D eigenvalue weighted by Gasteiger charge is -2.13. The van der Waals surface area contributed by atoms with Crippen LogP contribution >= 0.6 is 24.0 Å². The molecule has 0 spiro atoms. The lowest BCUT2D eigenvalue weighted by molar-refractivity contribution is 0.288. The molecule has 0 bridgehead atoms. The summed E-state index contributed by atoms with van der Waals surface area (Å²) in [6, 6.07) is 3.92. The monoisotopic (exact) mass is 513 g/mol. The first-order valence-electron chi connectivity index (χ1n) is 9.99. The number of nitrogens with zero attached hydrogens (tertiary/aromatic N) is 3. The second-order valence-corrected chi connectivity index (χ2v) is 8.17. The third-order valence-electron chi connectivity index (χ3n) is 4.43. The molecule has 0 aliphatic heterocycles. The van der Waals surface area contributed by atoms with Crippen molar-refractivity contribution in [3.8, 4) is 5.88 Å². The van der Waals surface area contributed by atoms with Crippen LogP contribution in [0, 0.1) is 5.92 Å². The molecular weight excluding hydrogens is 481 g/mol. The van der Waals surface area contributed by atoms with Crippen molar-refractivity contribution in [2.75, 3.05) is 13.2 Å². The van der Waals surface area contributed by atoms with Crippen LogP contribution in [0.3, 0.4) is 0 Å². The first-order chi connectivity index (χ1) is 13.4. The summed E-state index contributed by atoms with van der Waals surface area (Å²) in [5.41, 5.74) is 1.01. The summed E-state index contributed by atoms with van der Waals surface area (Å²) < 4.78 is 11.6. The molecule has 7 nitrogen and oxygen atoms in total. The second-order valence-electron chi connectivity index (χ2n) is 8.17. The van der Waals surface area contributed by atoms with Crippen molar-refractivity contribution in [1.29, 1.82) is 0 Å². The van der Waals surface area contributed by atoms with E-state index >= 15 is 0 Å². The molecule has 0 atom stereocenters. The highest BCUT2D eigenvalue weighted by atomic mass is 127. The molecule has 29 heavy (non-hydrogen) atoms. The van der Waals surface area contributed by atoms with Gasteiger partial charge in [-0.2, -0.15) is 0 Å². The first-order valence-corrected chi connectivity index (χ1v) is 9.99. The summed E-state index contributed by atoms with van der Waals surface area (Å²) in [5.74, 6) is 3.63. The summed E-state index contributed by atoms with van der Waals surface area (Å²) >= 11 is 0. The number of ether oxygens (including phenoxy) is 1. The molecule has 1 aliphatic rings. The van der Waals surface area contributed by atoms with Crippen LogP contribution in [0.2, 0.25) is 0 Å². The highest BCUT2D eigenvalue weighted by Gasteiger charge is 2.22. The zero-order chi connectivity index (χ0) is 20.0. The normalized spacial score (nSPS) is 14.3. The average Bonchev–Trinajstić information content (AvgIpc) is 3.36. The van der Waals surface area contributed by atoms with Gasteiger partial charge in [0.25, 0.3) is 0 Å². The molecule has 0 unspecified atom stereocenters. The predicted molar refractivity (Wildman–Crippen MR) is 125 cm³/mol. The molecule has 2 aromatic rings. The Balaban J connectivity index is 0.00000300. The highest BCUT2D eigenvalue weighted by Crippen LogP contribution is 2.29. The Morgan fingerprint density at radius 2 is 2.07 bits per heavy atom. The zero-order valence-electron chi connectivity index (χ0n) is 17.7. The molecule has 1 saturated carbocycles. The number of oxazole rings is 1. The van der Waals surface area contributed by atoms with E-state index in [-0.39, 0.29) is 29.4 Å². The van der Waals surface area contributed by atoms with Gasteiger partial charge in [-0.05, 0) is 37.3 Å². The van der Waals surface area contributed by atoms with Crippen LogP contribution in [-0.4, -0.2) is 29.1 Å². The fourth-order valence-electron chi connectivity index (χ4n) is 2.53. The molecule has 0 aromatic carbocycles. The van der Waals surface area contributed by atoms with Crippen molar-refractivity contribution in [1.82, 2.24) is 20.6 Å². The van der Waals surface area contributed by atoms with Crippen molar-refractivity contribution < 1.29 is 9.15 Å². The van der Waals surface area contributed by atoms with Crippen LogP contribution < -0.4 is 15.4 Å². The van der Waals surface area contributed by atoms with Crippen molar-refractivity contribution in [3.05, 3.63) is 41.7 Å². The van der Waals surface area contributed by atoms with Crippen molar-refractivity contribution >= 4 is 29.9 Å². The van der Waals surface area contributed by atoms with Gasteiger partial charge in [-0.15, -0.1) is 24.0 Å². The molecule has 0 amide bonds. The molecule has 2 aromatic heterocycles. The lowest BCUT2D eigenvalue weighted by Crippen LogP contribution is -2.36. The third kappa shape index (κ3) is 7.83. The summed E-state index contributed by atoms with van der Waals surface area (Å²) in [5, 5.41) is 6.52. The third-order valence-corrected chi connectivity index (χ3v) is 4.43. The Morgan fingerprint density at radius 3 is 2.72 bits per heavy atom. The number of guanidine groups is 1. The lowest BCUT2D eigenvalue weighted by atomic mass is 9.94. The summed E-state index contributed by atoms with van der Waals surface area (Å²) in [6.45, 7) is 10.9. The van der Waals surface area contributed by atoms with E-state index in [9.17, 15) is 0 Å². The van der Waals surface area contributed by atoms with Gasteiger partial charge < -0.3 is 19.8 Å². The molecule has 0 radical (unpaired) electrons. The second kappa shape index (κ2) is 10.8. The van der Waals surface area contributed by atoms with Gasteiger partial charge in [0.1, 0.15) is 5.76 Å². The van der Waals surface area contributed by atoms with E-state index in [4.69, 9.17) is 9.15 Å². The number of pyridine rings is 1. The standard InChI is InChI=1S/C21H31N5O2.HI/c1-5-22-20(26-13-19-24-12-17(28-19)21(2,3)4)25-11-16-8-9-23-18(10-16)27-14-15-6-7-15;/h8-10,12,15H,5-7,11,13-14H2,1-4H3,(H2,22,25,26);1H. The fraction of sp³-hybridized carbons (Fsp3) is 0.571. The van der Waals surface area contributed by atoms with Gasteiger partial charge in [0.05, 0.1) is 25.9 Å². The summed E-state index contributed by atoms with van der Waals surface area (Å²) in [4.78, 5) is 13.3. The van der Waals surface area contributed by atoms with Gasteiger partial charge in [0.2, 0.25) is 11.8 Å². The minimum absolute atomic E-state index is 0. The van der Waals surface area contributed by atoms with Gasteiger partial charge in [-0.25, -0.2) is 15.0 Å². The maximum atomic E-state index is 5.83. The highest BCUT2D eigenvalue weighted by molar-refractivity contribution is 14.0. The van der Waals surface area contributed by atoms with Crippen molar-refractivity contribution in [3.63, 3.8) is 0 Å². The quantitative estimate of drug-likeness (QED) is 0.315. The van der Waals surface area contributed by atoms with Crippen LogP contribution in [0.1, 0.15) is 57.8 Å². The fourth-order valence-corrected chi connectivity index (χ4v) is 2.53.